The number of rotatable bonds is 3. The van der Waals surface area contributed by atoms with Gasteiger partial charge in [0.2, 0.25) is 5.95 Å². The molecule has 0 radical (unpaired) electrons. The van der Waals surface area contributed by atoms with Crippen LogP contribution in [0, 0.1) is 11.3 Å². The molecule has 0 saturated heterocycles. The minimum atomic E-state index is -4.77. The first kappa shape index (κ1) is 20.2. The lowest BCUT2D eigenvalue weighted by Crippen LogP contribution is -2.22. The molecule has 0 fully saturated rings. The molecular formula is C16H10F6N6O. The molecule has 3 rings (SSSR count). The minimum absolute atomic E-state index is 0.0561. The van der Waals surface area contributed by atoms with Crippen LogP contribution < -0.4 is 5.32 Å². The molecule has 0 spiro atoms. The zero-order valence-corrected chi connectivity index (χ0v) is 14.4. The first-order valence-electron chi connectivity index (χ1n) is 7.79. The van der Waals surface area contributed by atoms with Gasteiger partial charge in [0.25, 0.3) is 5.91 Å². The van der Waals surface area contributed by atoms with Gasteiger partial charge in [-0.15, -0.1) is 0 Å². The van der Waals surface area contributed by atoms with E-state index in [1.807, 2.05) is 0 Å². The highest BCUT2D eigenvalue weighted by Gasteiger charge is 2.36. The molecule has 0 aliphatic carbocycles. The summed E-state index contributed by atoms with van der Waals surface area (Å²) in [5.41, 5.74) is -1.80. The smallest absolute Gasteiger partial charge is 0.301 e. The van der Waals surface area contributed by atoms with Crippen molar-refractivity contribution in [2.45, 2.75) is 18.9 Å². The second-order valence-corrected chi connectivity index (χ2v) is 5.94. The first-order chi connectivity index (χ1) is 13.4. The number of nitriles is 1. The van der Waals surface area contributed by atoms with Crippen LogP contribution in [0.25, 0.3) is 11.0 Å². The Labute approximate surface area is 158 Å². The van der Waals surface area contributed by atoms with Crippen LogP contribution in [0.5, 0.6) is 0 Å². The van der Waals surface area contributed by atoms with Gasteiger partial charge in [-0.2, -0.15) is 36.7 Å². The summed E-state index contributed by atoms with van der Waals surface area (Å²) in [6.07, 6.45) is -9.46. The van der Waals surface area contributed by atoms with Gasteiger partial charge in [-0.3, -0.25) is 14.8 Å². The van der Waals surface area contributed by atoms with Gasteiger partial charge in [-0.1, -0.05) is 0 Å². The van der Waals surface area contributed by atoms with Crippen LogP contribution in [0.2, 0.25) is 0 Å². The van der Waals surface area contributed by atoms with Crippen molar-refractivity contribution >= 4 is 22.9 Å². The molecule has 0 aliphatic heterocycles. The number of carbonyl (C=O) groups excluding carboxylic acids is 1. The van der Waals surface area contributed by atoms with Crippen molar-refractivity contribution in [2.24, 2.45) is 7.05 Å². The Balaban J connectivity index is 2.02. The number of aryl methyl sites for hydroxylation is 1. The Kier molecular flexibility index (Phi) is 4.73. The monoisotopic (exact) mass is 416 g/mol. The van der Waals surface area contributed by atoms with Gasteiger partial charge in [0.05, 0.1) is 22.7 Å². The number of nitrogens with zero attached hydrogens (tertiary/aromatic N) is 5. The van der Waals surface area contributed by atoms with Crippen molar-refractivity contribution in [1.29, 1.82) is 5.26 Å². The molecule has 1 N–H and O–H groups in total. The average molecular weight is 416 g/mol. The molecule has 1 amide bonds. The van der Waals surface area contributed by atoms with Crippen LogP contribution >= 0.6 is 0 Å². The van der Waals surface area contributed by atoms with E-state index in [4.69, 9.17) is 5.26 Å². The molecule has 7 nitrogen and oxygen atoms in total. The van der Waals surface area contributed by atoms with E-state index in [0.717, 1.165) is 13.1 Å². The van der Waals surface area contributed by atoms with Crippen molar-refractivity contribution in [1.82, 2.24) is 19.3 Å². The van der Waals surface area contributed by atoms with Crippen LogP contribution in [-0.2, 0) is 19.8 Å². The van der Waals surface area contributed by atoms with E-state index in [9.17, 15) is 31.1 Å². The second kappa shape index (κ2) is 6.80. The molecule has 3 aromatic rings. The van der Waals surface area contributed by atoms with E-state index in [1.165, 1.54) is 12.1 Å². The van der Waals surface area contributed by atoms with Crippen LogP contribution in [-0.4, -0.2) is 31.4 Å². The zero-order chi connectivity index (χ0) is 21.6. The van der Waals surface area contributed by atoms with Crippen molar-refractivity contribution in [3.8, 4) is 6.07 Å². The fourth-order valence-corrected chi connectivity index (χ4v) is 2.64. The van der Waals surface area contributed by atoms with Crippen LogP contribution in [0.15, 0.2) is 24.3 Å². The number of amides is 1. The predicted octanol–water partition coefficient (Wildman–Crippen LogP) is 3.47. The molecule has 0 unspecified atom stereocenters. The maximum Gasteiger partial charge on any atom is 0.433 e. The van der Waals surface area contributed by atoms with Crippen LogP contribution in [0.1, 0.15) is 21.7 Å². The number of hydrogen-bond donors (Lipinski definition) is 1. The Hall–Kier alpha value is -3.56. The number of benzene rings is 1. The van der Waals surface area contributed by atoms with Crippen molar-refractivity contribution in [2.75, 3.05) is 5.32 Å². The topological polar surface area (TPSA) is 88.5 Å². The van der Waals surface area contributed by atoms with Gasteiger partial charge in [0.15, 0.2) is 5.69 Å². The summed E-state index contributed by atoms with van der Waals surface area (Å²) in [4.78, 5) is 16.2. The lowest BCUT2D eigenvalue weighted by atomic mass is 10.2. The van der Waals surface area contributed by atoms with Crippen molar-refractivity contribution < 1.29 is 31.1 Å². The number of fused-ring (bicyclic) bond motifs is 1. The highest BCUT2D eigenvalue weighted by molar-refractivity contribution is 6.02. The average Bonchev–Trinajstić information content (AvgIpc) is 3.14. The molecule has 1 aromatic carbocycles. The molecule has 13 heteroatoms. The number of alkyl halides is 6. The molecule has 2 aromatic heterocycles. The molecule has 2 heterocycles. The highest BCUT2D eigenvalue weighted by Crippen LogP contribution is 2.30. The summed E-state index contributed by atoms with van der Waals surface area (Å²) in [5.74, 6) is -1.72. The molecule has 0 saturated carbocycles. The summed E-state index contributed by atoms with van der Waals surface area (Å²) in [5, 5.41) is 14.4. The number of hydrogen-bond acceptors (Lipinski definition) is 4. The second-order valence-electron chi connectivity index (χ2n) is 5.94. The number of imidazole rings is 1. The third kappa shape index (κ3) is 4.15. The number of carbonyl (C=O) groups is 1. The molecular weight excluding hydrogens is 406 g/mol. The highest BCUT2D eigenvalue weighted by atomic mass is 19.4. The van der Waals surface area contributed by atoms with E-state index in [-0.39, 0.29) is 16.6 Å². The van der Waals surface area contributed by atoms with Gasteiger partial charge in [0.1, 0.15) is 12.2 Å². The van der Waals surface area contributed by atoms with Crippen molar-refractivity contribution in [3.63, 3.8) is 0 Å². The quantitative estimate of drug-likeness (QED) is 0.663. The fourth-order valence-electron chi connectivity index (χ4n) is 2.64. The predicted molar refractivity (Wildman–Crippen MR) is 86.7 cm³/mol. The number of anilines is 1. The van der Waals surface area contributed by atoms with Gasteiger partial charge < -0.3 is 4.57 Å². The Morgan fingerprint density at radius 3 is 2.45 bits per heavy atom. The van der Waals surface area contributed by atoms with E-state index in [1.54, 1.807) is 6.07 Å². The first-order valence-corrected chi connectivity index (χ1v) is 7.79. The Bertz CT molecular complexity index is 1130. The Morgan fingerprint density at radius 1 is 1.21 bits per heavy atom. The number of nitrogens with one attached hydrogen (secondary N) is 1. The van der Waals surface area contributed by atoms with Crippen LogP contribution in [0.4, 0.5) is 32.3 Å². The zero-order valence-electron chi connectivity index (χ0n) is 14.4. The summed E-state index contributed by atoms with van der Waals surface area (Å²) in [6.45, 7) is -1.54. The molecule has 29 heavy (non-hydrogen) atoms. The number of halogens is 6. The normalized spacial score (nSPS) is 12.2. The standard InChI is InChI=1S/C16H10F6N6O/c1-27-12(16(20,21)22)5-10(26-27)13(29)25-14-24-9-3-2-8(6-23)4-11(9)28(14)7-15(17,18)19/h2-5H,7H2,1H3,(H,24,25,29). The maximum absolute atomic E-state index is 13.0. The SMILES string of the molecule is Cn1nc(C(=O)Nc2nc3ccc(C#N)cc3n2CC(F)(F)F)cc1C(F)(F)F. The lowest BCUT2D eigenvalue weighted by molar-refractivity contribution is -0.143. The van der Waals surface area contributed by atoms with E-state index < -0.39 is 42.1 Å². The third-order valence-corrected chi connectivity index (χ3v) is 3.84. The molecule has 0 aliphatic rings. The Morgan fingerprint density at radius 2 is 1.90 bits per heavy atom. The lowest BCUT2D eigenvalue weighted by Gasteiger charge is -2.12. The summed E-state index contributed by atoms with van der Waals surface area (Å²) in [7, 11) is 0.974. The maximum atomic E-state index is 13.0. The van der Waals surface area contributed by atoms with Gasteiger partial charge >= 0.3 is 12.4 Å². The largest absolute Gasteiger partial charge is 0.433 e. The van der Waals surface area contributed by atoms with Crippen molar-refractivity contribution in [3.05, 3.63) is 41.2 Å². The summed E-state index contributed by atoms with van der Waals surface area (Å²) >= 11 is 0. The van der Waals surface area contributed by atoms with Gasteiger partial charge in [-0.25, -0.2) is 4.98 Å². The van der Waals surface area contributed by atoms with Crippen LogP contribution in [0.3, 0.4) is 0 Å². The van der Waals surface area contributed by atoms with Gasteiger partial charge in [-0.05, 0) is 18.2 Å². The molecule has 152 valence electrons. The van der Waals surface area contributed by atoms with E-state index in [2.05, 4.69) is 15.4 Å². The third-order valence-electron chi connectivity index (χ3n) is 3.84. The summed E-state index contributed by atoms with van der Waals surface area (Å²) in [6, 6.07) is 6.03. The number of aromatic nitrogens is 4. The minimum Gasteiger partial charge on any atom is -0.301 e. The molecule has 0 bridgehead atoms. The fraction of sp³-hybridized carbons (Fsp3) is 0.250. The molecule has 0 atom stereocenters. The van der Waals surface area contributed by atoms with E-state index >= 15 is 0 Å². The summed E-state index contributed by atoms with van der Waals surface area (Å²) < 4.78 is 78.6. The van der Waals surface area contributed by atoms with E-state index in [0.29, 0.717) is 15.3 Å². The van der Waals surface area contributed by atoms with Gasteiger partial charge in [0, 0.05) is 13.1 Å².